The van der Waals surface area contributed by atoms with E-state index in [0.717, 1.165) is 0 Å². The molecule has 0 aliphatic carbocycles. The highest BCUT2D eigenvalue weighted by Gasteiger charge is 2.23. The number of methoxy groups -OCH3 is 4. The molecule has 6 heteroatoms. The third-order valence-electron chi connectivity index (χ3n) is 4.14. The van der Waals surface area contributed by atoms with Crippen LogP contribution in [0.1, 0.15) is 11.1 Å². The molecule has 140 valence electrons. The summed E-state index contributed by atoms with van der Waals surface area (Å²) in [6.07, 6.45) is 3.39. The van der Waals surface area contributed by atoms with Crippen molar-refractivity contribution in [3.05, 3.63) is 59.2 Å². The lowest BCUT2D eigenvalue weighted by Gasteiger charge is -2.09. The second-order valence-electron chi connectivity index (χ2n) is 5.68. The maximum absolute atomic E-state index is 12.3. The van der Waals surface area contributed by atoms with Gasteiger partial charge in [-0.05, 0) is 48.6 Å². The van der Waals surface area contributed by atoms with Gasteiger partial charge in [0.15, 0.2) is 11.5 Å². The van der Waals surface area contributed by atoms with E-state index in [-0.39, 0.29) is 0 Å². The molecule has 0 fully saturated rings. The topological polar surface area (TPSA) is 63.2 Å². The van der Waals surface area contributed by atoms with Crippen LogP contribution in [0.5, 0.6) is 23.0 Å². The van der Waals surface area contributed by atoms with Crippen molar-refractivity contribution < 1.29 is 28.5 Å². The molecule has 27 heavy (non-hydrogen) atoms. The van der Waals surface area contributed by atoms with Crippen LogP contribution < -0.4 is 18.9 Å². The number of hydrogen-bond donors (Lipinski definition) is 0. The fourth-order valence-corrected chi connectivity index (χ4v) is 2.74. The highest BCUT2D eigenvalue weighted by Crippen LogP contribution is 2.35. The van der Waals surface area contributed by atoms with Gasteiger partial charge in [0.2, 0.25) is 0 Å². The van der Waals surface area contributed by atoms with E-state index in [4.69, 9.17) is 23.7 Å². The van der Waals surface area contributed by atoms with Gasteiger partial charge in [0.25, 0.3) is 0 Å². The Kier molecular flexibility index (Phi) is 5.35. The lowest BCUT2D eigenvalue weighted by molar-refractivity contribution is -0.130. The molecule has 2 aromatic rings. The zero-order chi connectivity index (χ0) is 19.4. The van der Waals surface area contributed by atoms with E-state index in [9.17, 15) is 4.79 Å². The van der Waals surface area contributed by atoms with Crippen molar-refractivity contribution in [2.24, 2.45) is 0 Å². The molecule has 0 bridgehead atoms. The van der Waals surface area contributed by atoms with Gasteiger partial charge in [-0.25, -0.2) is 4.79 Å². The maximum Gasteiger partial charge on any atom is 0.343 e. The number of hydrogen-bond acceptors (Lipinski definition) is 6. The van der Waals surface area contributed by atoms with Gasteiger partial charge in [-0.2, -0.15) is 0 Å². The average Bonchev–Trinajstić information content (AvgIpc) is 3.07. The van der Waals surface area contributed by atoms with Crippen molar-refractivity contribution in [3.8, 4) is 23.0 Å². The molecule has 0 atom stereocenters. The zero-order valence-electron chi connectivity index (χ0n) is 15.6. The quantitative estimate of drug-likeness (QED) is 0.572. The first-order chi connectivity index (χ1) is 13.1. The molecule has 0 unspecified atom stereocenters. The predicted octanol–water partition coefficient (Wildman–Crippen LogP) is 3.70. The number of carbonyl (C=O) groups is 1. The van der Waals surface area contributed by atoms with Gasteiger partial charge in [0.1, 0.15) is 17.3 Å². The minimum Gasteiger partial charge on any atom is -0.497 e. The third-order valence-corrected chi connectivity index (χ3v) is 4.14. The summed E-state index contributed by atoms with van der Waals surface area (Å²) in [6, 6.07) is 10.7. The van der Waals surface area contributed by atoms with Crippen LogP contribution in [0, 0.1) is 0 Å². The molecule has 0 saturated carbocycles. The lowest BCUT2D eigenvalue weighted by atomic mass is 10.1. The van der Waals surface area contributed by atoms with Gasteiger partial charge in [-0.1, -0.05) is 0 Å². The van der Waals surface area contributed by atoms with Crippen LogP contribution >= 0.6 is 0 Å². The number of cyclic esters (lactones) is 1. The summed E-state index contributed by atoms with van der Waals surface area (Å²) in [5, 5.41) is 0. The molecule has 3 rings (SSSR count). The third kappa shape index (κ3) is 3.74. The van der Waals surface area contributed by atoms with Gasteiger partial charge < -0.3 is 23.7 Å². The molecule has 1 aliphatic heterocycles. The largest absolute Gasteiger partial charge is 0.497 e. The van der Waals surface area contributed by atoms with E-state index in [2.05, 4.69) is 0 Å². The SMILES string of the molecule is COc1ccc(OC)c(/C=C2/C=C(c3ccc(OC)c(OC)c3)OC2=O)c1. The molecule has 6 nitrogen and oxygen atoms in total. The van der Waals surface area contributed by atoms with Crippen LogP contribution in [0.15, 0.2) is 48.0 Å². The number of rotatable bonds is 6. The summed E-state index contributed by atoms with van der Waals surface area (Å²) in [7, 11) is 6.27. The van der Waals surface area contributed by atoms with E-state index in [0.29, 0.717) is 45.5 Å². The molecule has 0 aromatic heterocycles. The molecular weight excluding hydrogens is 348 g/mol. The Morgan fingerprint density at radius 2 is 1.52 bits per heavy atom. The van der Waals surface area contributed by atoms with E-state index in [1.165, 1.54) is 0 Å². The van der Waals surface area contributed by atoms with Crippen LogP contribution in [0.3, 0.4) is 0 Å². The Morgan fingerprint density at radius 1 is 0.815 bits per heavy atom. The number of esters is 1. The summed E-state index contributed by atoms with van der Waals surface area (Å²) in [5.74, 6) is 2.45. The van der Waals surface area contributed by atoms with Crippen molar-refractivity contribution in [2.75, 3.05) is 28.4 Å². The number of benzene rings is 2. The minimum atomic E-state index is -0.440. The predicted molar refractivity (Wildman–Crippen MR) is 101 cm³/mol. The first kappa shape index (κ1) is 18.4. The summed E-state index contributed by atoms with van der Waals surface area (Å²) in [4.78, 5) is 12.3. The van der Waals surface area contributed by atoms with Gasteiger partial charge in [-0.3, -0.25) is 0 Å². The van der Waals surface area contributed by atoms with E-state index < -0.39 is 5.97 Å². The van der Waals surface area contributed by atoms with Crippen LogP contribution in [0.25, 0.3) is 11.8 Å². The fourth-order valence-electron chi connectivity index (χ4n) is 2.74. The minimum absolute atomic E-state index is 0.409. The van der Waals surface area contributed by atoms with Crippen molar-refractivity contribution in [3.63, 3.8) is 0 Å². The highest BCUT2D eigenvalue weighted by molar-refractivity contribution is 6.05. The summed E-state index contributed by atoms with van der Waals surface area (Å²) in [6.45, 7) is 0. The van der Waals surface area contributed by atoms with Gasteiger partial charge in [0, 0.05) is 11.1 Å². The Balaban J connectivity index is 1.98. The molecule has 1 aliphatic rings. The lowest BCUT2D eigenvalue weighted by Crippen LogP contribution is -1.98. The highest BCUT2D eigenvalue weighted by atomic mass is 16.5. The summed E-state index contributed by atoms with van der Waals surface area (Å²) < 4.78 is 26.6. The zero-order valence-corrected chi connectivity index (χ0v) is 15.6. The maximum atomic E-state index is 12.3. The van der Waals surface area contributed by atoms with E-state index in [1.54, 1.807) is 77.0 Å². The number of carbonyl (C=O) groups excluding carboxylic acids is 1. The molecular formula is C21H20O6. The molecule has 0 saturated heterocycles. The van der Waals surface area contributed by atoms with Crippen molar-refractivity contribution in [1.29, 1.82) is 0 Å². The van der Waals surface area contributed by atoms with Gasteiger partial charge in [0.05, 0.1) is 34.0 Å². The second kappa shape index (κ2) is 7.86. The molecule has 0 radical (unpaired) electrons. The van der Waals surface area contributed by atoms with Crippen molar-refractivity contribution in [2.45, 2.75) is 0 Å². The Hall–Kier alpha value is -3.41. The first-order valence-electron chi connectivity index (χ1n) is 8.19. The first-order valence-corrected chi connectivity index (χ1v) is 8.19. The smallest absolute Gasteiger partial charge is 0.343 e. The monoisotopic (exact) mass is 368 g/mol. The van der Waals surface area contributed by atoms with Gasteiger partial charge in [-0.15, -0.1) is 0 Å². The van der Waals surface area contributed by atoms with Gasteiger partial charge >= 0.3 is 5.97 Å². The molecule has 0 spiro atoms. The second-order valence-corrected chi connectivity index (χ2v) is 5.68. The van der Waals surface area contributed by atoms with Crippen LogP contribution in [0.4, 0.5) is 0 Å². The van der Waals surface area contributed by atoms with Crippen LogP contribution in [0.2, 0.25) is 0 Å². The Labute approximate surface area is 157 Å². The van der Waals surface area contributed by atoms with Crippen molar-refractivity contribution >= 4 is 17.8 Å². The Morgan fingerprint density at radius 3 is 2.19 bits per heavy atom. The standard InChI is InChI=1S/C21H20O6/c1-23-16-6-8-17(24-2)14(10-16)9-15-12-19(27-21(15)22)13-5-7-18(25-3)20(11-13)26-4/h5-12H,1-4H3/b15-9-. The molecule has 1 heterocycles. The van der Waals surface area contributed by atoms with Crippen LogP contribution in [-0.2, 0) is 9.53 Å². The fraction of sp³-hybridized carbons (Fsp3) is 0.190. The van der Waals surface area contributed by atoms with E-state index in [1.807, 2.05) is 0 Å². The Bertz CT molecular complexity index is 926. The number of ether oxygens (including phenoxy) is 5. The molecule has 0 N–H and O–H groups in total. The normalized spacial score (nSPS) is 14.6. The van der Waals surface area contributed by atoms with Crippen LogP contribution in [-0.4, -0.2) is 34.4 Å². The summed E-state index contributed by atoms with van der Waals surface area (Å²) in [5.41, 5.74) is 1.84. The average molecular weight is 368 g/mol. The molecule has 0 amide bonds. The van der Waals surface area contributed by atoms with E-state index >= 15 is 0 Å². The van der Waals surface area contributed by atoms with Crippen molar-refractivity contribution in [1.82, 2.24) is 0 Å². The summed E-state index contributed by atoms with van der Waals surface area (Å²) >= 11 is 0. The molecule has 2 aromatic carbocycles.